The lowest BCUT2D eigenvalue weighted by atomic mass is 10.1. The fourth-order valence-electron chi connectivity index (χ4n) is 2.25. The van der Waals surface area contributed by atoms with Crippen molar-refractivity contribution in [2.75, 3.05) is 26.2 Å². The molecule has 0 saturated carbocycles. The van der Waals surface area contributed by atoms with Gasteiger partial charge >= 0.3 is 0 Å². The van der Waals surface area contributed by atoms with Crippen molar-refractivity contribution in [1.29, 1.82) is 5.26 Å². The van der Waals surface area contributed by atoms with Gasteiger partial charge in [-0.3, -0.25) is 9.69 Å². The third-order valence-corrected chi connectivity index (χ3v) is 3.76. The number of hydrogen-bond donors (Lipinski definition) is 1. The smallest absolute Gasteiger partial charge is 0.257 e. The lowest BCUT2D eigenvalue weighted by Crippen LogP contribution is -2.51. The summed E-state index contributed by atoms with van der Waals surface area (Å²) in [6.07, 6.45) is 0. The predicted molar refractivity (Wildman–Crippen MR) is 75.7 cm³/mol. The second-order valence-corrected chi connectivity index (χ2v) is 5.23. The summed E-state index contributed by atoms with van der Waals surface area (Å²) in [6.45, 7) is 4.27. The van der Waals surface area contributed by atoms with Crippen LogP contribution in [0.3, 0.4) is 0 Å². The molecule has 1 unspecified atom stereocenters. The van der Waals surface area contributed by atoms with E-state index >= 15 is 0 Å². The molecule has 0 radical (unpaired) electrons. The number of phenolic OH excluding ortho intramolecular Hbond substituents is 1. The molecule has 1 fully saturated rings. The Kier molecular flexibility index (Phi) is 4.48. The van der Waals surface area contributed by atoms with Crippen LogP contribution < -0.4 is 0 Å². The van der Waals surface area contributed by atoms with Gasteiger partial charge in [0.1, 0.15) is 5.75 Å². The SMILES string of the molecule is CC(C#N)N1CCN(C(=O)c2ccc(Cl)cc2O)CC1. The molecule has 1 aromatic rings. The maximum atomic E-state index is 12.3. The molecular weight excluding hydrogens is 278 g/mol. The van der Waals surface area contributed by atoms with Crippen molar-refractivity contribution in [2.45, 2.75) is 13.0 Å². The summed E-state index contributed by atoms with van der Waals surface area (Å²) in [6, 6.07) is 6.53. The van der Waals surface area contributed by atoms with E-state index in [0.717, 1.165) is 0 Å². The van der Waals surface area contributed by atoms with Crippen molar-refractivity contribution in [2.24, 2.45) is 0 Å². The number of hydrogen-bond acceptors (Lipinski definition) is 4. The molecule has 1 amide bonds. The summed E-state index contributed by atoms with van der Waals surface area (Å²) in [4.78, 5) is 16.0. The fourth-order valence-corrected chi connectivity index (χ4v) is 2.42. The van der Waals surface area contributed by atoms with Crippen molar-refractivity contribution in [3.05, 3.63) is 28.8 Å². The molecule has 0 aliphatic carbocycles. The molecule has 20 heavy (non-hydrogen) atoms. The number of halogens is 1. The van der Waals surface area contributed by atoms with Gasteiger partial charge in [-0.25, -0.2) is 0 Å². The first-order valence-corrected chi connectivity index (χ1v) is 6.82. The van der Waals surface area contributed by atoms with E-state index in [1.54, 1.807) is 11.0 Å². The van der Waals surface area contributed by atoms with E-state index in [-0.39, 0.29) is 23.3 Å². The standard InChI is InChI=1S/C14H16ClN3O2/c1-10(9-16)17-4-6-18(7-5-17)14(20)12-3-2-11(15)8-13(12)19/h2-3,8,10,19H,4-7H2,1H3. The molecule has 2 rings (SSSR count). The highest BCUT2D eigenvalue weighted by atomic mass is 35.5. The van der Waals surface area contributed by atoms with Crippen LogP contribution in [0, 0.1) is 11.3 Å². The Labute approximate surface area is 123 Å². The quantitative estimate of drug-likeness (QED) is 0.901. The highest BCUT2D eigenvalue weighted by Crippen LogP contribution is 2.23. The number of aromatic hydroxyl groups is 1. The molecule has 106 valence electrons. The van der Waals surface area contributed by atoms with Gasteiger partial charge in [0.15, 0.2) is 0 Å². The highest BCUT2D eigenvalue weighted by molar-refractivity contribution is 6.30. The number of nitriles is 1. The Hall–Kier alpha value is -1.77. The van der Waals surface area contributed by atoms with Gasteiger partial charge in [0.05, 0.1) is 17.7 Å². The fraction of sp³-hybridized carbons (Fsp3) is 0.429. The van der Waals surface area contributed by atoms with E-state index in [1.165, 1.54) is 12.1 Å². The zero-order valence-electron chi connectivity index (χ0n) is 11.2. The zero-order chi connectivity index (χ0) is 14.7. The molecular formula is C14H16ClN3O2. The molecule has 1 aromatic carbocycles. The minimum atomic E-state index is -0.205. The molecule has 1 aliphatic rings. The van der Waals surface area contributed by atoms with Crippen LogP contribution in [0.1, 0.15) is 17.3 Å². The summed E-state index contributed by atoms with van der Waals surface area (Å²) >= 11 is 5.76. The maximum Gasteiger partial charge on any atom is 0.257 e. The van der Waals surface area contributed by atoms with Crippen molar-refractivity contribution in [1.82, 2.24) is 9.80 Å². The van der Waals surface area contributed by atoms with Crippen LogP contribution in [0.15, 0.2) is 18.2 Å². The number of nitrogens with zero attached hydrogens (tertiary/aromatic N) is 3. The van der Waals surface area contributed by atoms with Crippen LogP contribution in [0.4, 0.5) is 0 Å². The van der Waals surface area contributed by atoms with Gasteiger partial charge in [-0.05, 0) is 25.1 Å². The van der Waals surface area contributed by atoms with E-state index < -0.39 is 0 Å². The lowest BCUT2D eigenvalue weighted by Gasteiger charge is -2.36. The monoisotopic (exact) mass is 293 g/mol. The second-order valence-electron chi connectivity index (χ2n) is 4.79. The molecule has 1 saturated heterocycles. The summed E-state index contributed by atoms with van der Waals surface area (Å²) in [5, 5.41) is 19.1. The molecule has 1 atom stereocenters. The first-order chi connectivity index (χ1) is 9.52. The van der Waals surface area contributed by atoms with E-state index in [0.29, 0.717) is 31.2 Å². The van der Waals surface area contributed by atoms with Crippen LogP contribution in [0.25, 0.3) is 0 Å². The zero-order valence-corrected chi connectivity index (χ0v) is 12.0. The molecule has 0 aromatic heterocycles. The first-order valence-electron chi connectivity index (χ1n) is 6.44. The van der Waals surface area contributed by atoms with Crippen LogP contribution in [-0.4, -0.2) is 53.0 Å². The van der Waals surface area contributed by atoms with Gasteiger partial charge in [-0.1, -0.05) is 11.6 Å². The number of amides is 1. The van der Waals surface area contributed by atoms with Gasteiger partial charge in [0, 0.05) is 31.2 Å². The Morgan fingerprint density at radius 2 is 2.05 bits per heavy atom. The van der Waals surface area contributed by atoms with Crippen LogP contribution >= 0.6 is 11.6 Å². The topological polar surface area (TPSA) is 67.6 Å². The van der Waals surface area contributed by atoms with Gasteiger partial charge in [-0.15, -0.1) is 0 Å². The van der Waals surface area contributed by atoms with E-state index in [1.807, 2.05) is 11.8 Å². The summed E-state index contributed by atoms with van der Waals surface area (Å²) in [7, 11) is 0. The van der Waals surface area contributed by atoms with Crippen molar-refractivity contribution >= 4 is 17.5 Å². The predicted octanol–water partition coefficient (Wildman–Crippen LogP) is 1.72. The van der Waals surface area contributed by atoms with Gasteiger partial charge in [0.2, 0.25) is 0 Å². The average molecular weight is 294 g/mol. The summed E-state index contributed by atoms with van der Waals surface area (Å²) in [5.41, 5.74) is 0.260. The van der Waals surface area contributed by atoms with E-state index in [4.69, 9.17) is 16.9 Å². The van der Waals surface area contributed by atoms with Crippen molar-refractivity contribution < 1.29 is 9.90 Å². The minimum absolute atomic E-state index is 0.102. The van der Waals surface area contributed by atoms with Gasteiger partial charge in [-0.2, -0.15) is 5.26 Å². The van der Waals surface area contributed by atoms with Crippen molar-refractivity contribution in [3.8, 4) is 11.8 Å². The number of phenols is 1. The summed E-state index contributed by atoms with van der Waals surface area (Å²) in [5.74, 6) is -0.307. The highest BCUT2D eigenvalue weighted by Gasteiger charge is 2.25. The summed E-state index contributed by atoms with van der Waals surface area (Å²) < 4.78 is 0. The molecule has 5 nitrogen and oxygen atoms in total. The molecule has 1 aliphatic heterocycles. The molecule has 0 spiro atoms. The first kappa shape index (κ1) is 14.6. The number of rotatable bonds is 2. The average Bonchev–Trinajstić information content (AvgIpc) is 2.46. The largest absolute Gasteiger partial charge is 0.507 e. The molecule has 0 bridgehead atoms. The molecule has 1 N–H and O–H groups in total. The molecule has 6 heteroatoms. The number of carbonyl (C=O) groups excluding carboxylic acids is 1. The number of piperazine rings is 1. The van der Waals surface area contributed by atoms with E-state index in [2.05, 4.69) is 6.07 Å². The Morgan fingerprint density at radius 1 is 1.40 bits per heavy atom. The third-order valence-electron chi connectivity index (χ3n) is 3.53. The van der Waals surface area contributed by atoms with Crippen LogP contribution in [-0.2, 0) is 0 Å². The van der Waals surface area contributed by atoms with E-state index in [9.17, 15) is 9.90 Å². The van der Waals surface area contributed by atoms with Gasteiger partial charge in [0.25, 0.3) is 5.91 Å². The van der Waals surface area contributed by atoms with Crippen molar-refractivity contribution in [3.63, 3.8) is 0 Å². The maximum absolute atomic E-state index is 12.3. The van der Waals surface area contributed by atoms with Crippen LogP contribution in [0.2, 0.25) is 5.02 Å². The second kappa shape index (κ2) is 6.12. The van der Waals surface area contributed by atoms with Crippen LogP contribution in [0.5, 0.6) is 5.75 Å². The lowest BCUT2D eigenvalue weighted by molar-refractivity contribution is 0.0613. The number of benzene rings is 1. The minimum Gasteiger partial charge on any atom is -0.507 e. The molecule has 1 heterocycles. The Morgan fingerprint density at radius 3 is 2.60 bits per heavy atom. The van der Waals surface area contributed by atoms with Gasteiger partial charge < -0.3 is 10.0 Å². The number of carbonyl (C=O) groups is 1. The normalized spacial score (nSPS) is 17.6. The Balaban J connectivity index is 2.04. The third kappa shape index (κ3) is 3.03. The Bertz CT molecular complexity index is 548.